The lowest BCUT2D eigenvalue weighted by molar-refractivity contribution is 0.0638. The number of β-amino-alcohol motifs (C(OH)–C–C–N with tert-alkyl or cyclic N) is 1. The number of rotatable bonds is 3. The molecule has 1 spiro atoms. The molecule has 2 aliphatic rings. The van der Waals surface area contributed by atoms with E-state index in [1.54, 1.807) is 0 Å². The average molecular weight is 187 g/mol. The summed E-state index contributed by atoms with van der Waals surface area (Å²) in [5.74, 6) is 0. The van der Waals surface area contributed by atoms with Crippen molar-refractivity contribution < 1.29 is 9.50 Å². The average Bonchev–Trinajstić information content (AvgIpc) is 2.85. The van der Waals surface area contributed by atoms with E-state index in [0.29, 0.717) is 12.0 Å². The predicted octanol–water partition coefficient (Wildman–Crippen LogP) is 1.19. The molecule has 1 unspecified atom stereocenters. The predicted molar refractivity (Wildman–Crippen MR) is 49.3 cm³/mol. The summed E-state index contributed by atoms with van der Waals surface area (Å²) in [6.07, 6.45) is 4.48. The molecule has 0 amide bonds. The molecule has 1 atom stereocenters. The number of hydrogen-bond acceptors (Lipinski definition) is 2. The van der Waals surface area contributed by atoms with Gasteiger partial charge in [-0.1, -0.05) is 0 Å². The van der Waals surface area contributed by atoms with Crippen LogP contribution in [0.5, 0.6) is 0 Å². The van der Waals surface area contributed by atoms with Crippen molar-refractivity contribution in [3.8, 4) is 0 Å². The largest absolute Gasteiger partial charge is 0.389 e. The van der Waals surface area contributed by atoms with Gasteiger partial charge < -0.3 is 10.0 Å². The van der Waals surface area contributed by atoms with Gasteiger partial charge in [-0.2, -0.15) is 0 Å². The third kappa shape index (κ3) is 2.20. The van der Waals surface area contributed by atoms with Crippen LogP contribution in [0.2, 0.25) is 0 Å². The summed E-state index contributed by atoms with van der Waals surface area (Å²) in [6, 6.07) is 0. The lowest BCUT2D eigenvalue weighted by Gasteiger charge is -2.33. The molecule has 2 rings (SSSR count). The first-order valence-corrected chi connectivity index (χ1v) is 5.20. The molecule has 0 aromatic rings. The first-order chi connectivity index (χ1) is 6.24. The van der Waals surface area contributed by atoms with Gasteiger partial charge in [0.2, 0.25) is 0 Å². The highest BCUT2D eigenvalue weighted by Gasteiger charge is 2.45. The van der Waals surface area contributed by atoms with Gasteiger partial charge in [0.1, 0.15) is 6.67 Å². The first-order valence-electron chi connectivity index (χ1n) is 5.20. The summed E-state index contributed by atoms with van der Waals surface area (Å²) in [5.41, 5.74) is 0.578. The first kappa shape index (κ1) is 9.41. The van der Waals surface area contributed by atoms with Crippen molar-refractivity contribution in [2.45, 2.75) is 31.8 Å². The molecular formula is C10H18FNO. The van der Waals surface area contributed by atoms with Crippen LogP contribution >= 0.6 is 0 Å². The summed E-state index contributed by atoms with van der Waals surface area (Å²) in [4.78, 5) is 2.22. The molecule has 0 aromatic heterocycles. The number of aliphatic hydroxyl groups excluding tert-OH is 1. The van der Waals surface area contributed by atoms with Gasteiger partial charge in [-0.15, -0.1) is 0 Å². The molecule has 0 bridgehead atoms. The van der Waals surface area contributed by atoms with Gasteiger partial charge in [0.25, 0.3) is 0 Å². The fourth-order valence-corrected chi connectivity index (χ4v) is 2.40. The maximum absolute atomic E-state index is 12.1. The third-order valence-electron chi connectivity index (χ3n) is 3.34. The minimum absolute atomic E-state index is 0.526. The zero-order chi connectivity index (χ0) is 9.31. The molecule has 76 valence electrons. The number of nitrogens with zero attached hydrogens (tertiary/aromatic N) is 1. The van der Waals surface area contributed by atoms with E-state index >= 15 is 0 Å². The Hall–Kier alpha value is -0.150. The number of piperidine rings is 1. The SMILES string of the molecule is OC(CF)CN1CCCC2(CC2)C1. The van der Waals surface area contributed by atoms with E-state index in [4.69, 9.17) is 0 Å². The Morgan fingerprint density at radius 2 is 2.15 bits per heavy atom. The molecule has 1 N–H and O–H groups in total. The second-order valence-corrected chi connectivity index (χ2v) is 4.65. The van der Waals surface area contributed by atoms with Crippen molar-refractivity contribution in [3.05, 3.63) is 0 Å². The van der Waals surface area contributed by atoms with Gasteiger partial charge in [0.15, 0.2) is 0 Å². The second kappa shape index (κ2) is 3.54. The Morgan fingerprint density at radius 3 is 2.77 bits per heavy atom. The highest BCUT2D eigenvalue weighted by atomic mass is 19.1. The summed E-state index contributed by atoms with van der Waals surface area (Å²) < 4.78 is 12.1. The lowest BCUT2D eigenvalue weighted by Crippen LogP contribution is -2.41. The Kier molecular flexibility index (Phi) is 2.56. The summed E-state index contributed by atoms with van der Waals surface area (Å²) >= 11 is 0. The Morgan fingerprint density at radius 1 is 1.38 bits per heavy atom. The molecule has 1 saturated carbocycles. The van der Waals surface area contributed by atoms with E-state index in [0.717, 1.165) is 13.1 Å². The third-order valence-corrected chi connectivity index (χ3v) is 3.34. The minimum Gasteiger partial charge on any atom is -0.389 e. The van der Waals surface area contributed by atoms with Crippen LogP contribution in [-0.2, 0) is 0 Å². The number of hydrogen-bond donors (Lipinski definition) is 1. The molecule has 2 fully saturated rings. The lowest BCUT2D eigenvalue weighted by atomic mass is 9.95. The highest BCUT2D eigenvalue weighted by Crippen LogP contribution is 2.51. The van der Waals surface area contributed by atoms with Crippen molar-refractivity contribution in [1.29, 1.82) is 0 Å². The van der Waals surface area contributed by atoms with Gasteiger partial charge in [0, 0.05) is 13.1 Å². The van der Waals surface area contributed by atoms with E-state index in [1.165, 1.54) is 25.7 Å². The van der Waals surface area contributed by atoms with E-state index < -0.39 is 12.8 Å². The second-order valence-electron chi connectivity index (χ2n) is 4.65. The zero-order valence-corrected chi connectivity index (χ0v) is 8.01. The number of alkyl halides is 1. The topological polar surface area (TPSA) is 23.5 Å². The van der Waals surface area contributed by atoms with Crippen molar-refractivity contribution in [2.24, 2.45) is 5.41 Å². The maximum Gasteiger partial charge on any atom is 0.117 e. The minimum atomic E-state index is -0.770. The van der Waals surface area contributed by atoms with Gasteiger partial charge in [0.05, 0.1) is 6.10 Å². The van der Waals surface area contributed by atoms with E-state index in [2.05, 4.69) is 4.90 Å². The van der Waals surface area contributed by atoms with E-state index in [1.807, 2.05) is 0 Å². The summed E-state index contributed by atoms with van der Waals surface area (Å²) in [6.45, 7) is 2.05. The smallest absolute Gasteiger partial charge is 0.117 e. The highest BCUT2D eigenvalue weighted by molar-refractivity contribution is 4.98. The van der Waals surface area contributed by atoms with E-state index in [9.17, 15) is 9.50 Å². The Balaban J connectivity index is 1.79. The molecule has 3 heteroatoms. The van der Waals surface area contributed by atoms with Crippen molar-refractivity contribution >= 4 is 0 Å². The Labute approximate surface area is 78.7 Å². The van der Waals surface area contributed by atoms with Gasteiger partial charge >= 0.3 is 0 Å². The van der Waals surface area contributed by atoms with Crippen molar-refractivity contribution in [1.82, 2.24) is 4.90 Å². The number of aliphatic hydroxyl groups is 1. The molecule has 0 aromatic carbocycles. The molecule has 1 saturated heterocycles. The van der Waals surface area contributed by atoms with Crippen LogP contribution in [0.4, 0.5) is 4.39 Å². The molecule has 0 radical (unpaired) electrons. The van der Waals surface area contributed by atoms with Crippen LogP contribution in [0.15, 0.2) is 0 Å². The van der Waals surface area contributed by atoms with Crippen LogP contribution in [-0.4, -0.2) is 42.4 Å². The van der Waals surface area contributed by atoms with Crippen LogP contribution in [0.1, 0.15) is 25.7 Å². The molecule has 1 aliphatic heterocycles. The van der Waals surface area contributed by atoms with Crippen LogP contribution in [0, 0.1) is 5.41 Å². The van der Waals surface area contributed by atoms with Crippen LogP contribution in [0.3, 0.4) is 0 Å². The summed E-state index contributed by atoms with van der Waals surface area (Å²) in [7, 11) is 0. The van der Waals surface area contributed by atoms with Gasteiger partial charge in [-0.25, -0.2) is 4.39 Å². The monoisotopic (exact) mass is 187 g/mol. The molecule has 2 nitrogen and oxygen atoms in total. The zero-order valence-electron chi connectivity index (χ0n) is 8.01. The number of halogens is 1. The van der Waals surface area contributed by atoms with E-state index in [-0.39, 0.29) is 0 Å². The quantitative estimate of drug-likeness (QED) is 0.717. The van der Waals surface area contributed by atoms with Crippen molar-refractivity contribution in [2.75, 3.05) is 26.3 Å². The fourth-order valence-electron chi connectivity index (χ4n) is 2.40. The molecular weight excluding hydrogens is 169 g/mol. The van der Waals surface area contributed by atoms with Gasteiger partial charge in [-0.3, -0.25) is 0 Å². The normalized spacial score (nSPS) is 29.1. The van der Waals surface area contributed by atoms with Crippen LogP contribution < -0.4 is 0 Å². The number of likely N-dealkylation sites (tertiary alicyclic amines) is 1. The maximum atomic E-state index is 12.1. The molecule has 13 heavy (non-hydrogen) atoms. The Bertz CT molecular complexity index is 182. The van der Waals surface area contributed by atoms with Crippen LogP contribution in [0.25, 0.3) is 0 Å². The fraction of sp³-hybridized carbons (Fsp3) is 1.00. The molecule has 1 heterocycles. The summed E-state index contributed by atoms with van der Waals surface area (Å²) in [5, 5.41) is 9.18. The van der Waals surface area contributed by atoms with Gasteiger partial charge in [-0.05, 0) is 37.6 Å². The standard InChI is InChI=1S/C10H18FNO/c11-6-9(13)7-12-5-1-2-10(8-12)3-4-10/h9,13H,1-8H2. The van der Waals surface area contributed by atoms with Crippen molar-refractivity contribution in [3.63, 3.8) is 0 Å². The molecule has 1 aliphatic carbocycles.